The number of amides is 4. The van der Waals surface area contributed by atoms with Crippen molar-refractivity contribution >= 4 is 52.1 Å². The van der Waals surface area contributed by atoms with Crippen molar-refractivity contribution in [3.05, 3.63) is 119 Å². The molecule has 1 atom stereocenters. The number of nitrogens with zero attached hydrogens (tertiary/aromatic N) is 4. The summed E-state index contributed by atoms with van der Waals surface area (Å²) in [5.74, 6) is -4.72. The molecule has 61 heavy (non-hydrogen) atoms. The molecule has 12 nitrogen and oxygen atoms in total. The summed E-state index contributed by atoms with van der Waals surface area (Å²) in [6.45, 7) is -12.1. The number of rotatable bonds is 13. The molecule has 0 spiro atoms. The van der Waals surface area contributed by atoms with Crippen LogP contribution in [0.5, 0.6) is 17.2 Å². The molecule has 3 fully saturated rings. The normalized spacial score (nSPS) is 24.8. The van der Waals surface area contributed by atoms with E-state index < -0.39 is 84.2 Å². The highest BCUT2D eigenvalue weighted by molar-refractivity contribution is 6.24. The van der Waals surface area contributed by atoms with Crippen LogP contribution in [0, 0.1) is 11.7 Å². The van der Waals surface area contributed by atoms with Gasteiger partial charge in [0.1, 0.15) is 29.9 Å². The maximum absolute atomic E-state index is 16.6. The zero-order valence-electron chi connectivity index (χ0n) is 41.0. The molecule has 3 N–H and O–H groups in total. The molecule has 4 aromatic carbocycles. The molecule has 0 bridgehead atoms. The summed E-state index contributed by atoms with van der Waals surface area (Å²) < 4.78 is 94.6. The number of halogens is 2. The van der Waals surface area contributed by atoms with Gasteiger partial charge >= 0.3 is 0 Å². The summed E-state index contributed by atoms with van der Waals surface area (Å²) >= 11 is 6.29. The number of ether oxygens (including phenoxy) is 1. The van der Waals surface area contributed by atoms with Crippen LogP contribution in [0.4, 0.5) is 10.1 Å². The van der Waals surface area contributed by atoms with Gasteiger partial charge in [-0.05, 0) is 121 Å². The zero-order valence-corrected chi connectivity index (χ0v) is 33.8. The van der Waals surface area contributed by atoms with Gasteiger partial charge in [-0.1, -0.05) is 36.4 Å². The van der Waals surface area contributed by atoms with Gasteiger partial charge in [0.05, 0.1) is 22.3 Å². The number of allylic oxidation sites excluding steroid dienone is 1. The highest BCUT2D eigenvalue weighted by atomic mass is 35.5. The third-order valence-corrected chi connectivity index (χ3v) is 11.5. The summed E-state index contributed by atoms with van der Waals surface area (Å²) in [4.78, 5) is 54.3. The molecule has 3 saturated heterocycles. The van der Waals surface area contributed by atoms with E-state index in [-0.39, 0.29) is 35.8 Å². The van der Waals surface area contributed by atoms with Crippen LogP contribution in [0.3, 0.4) is 0 Å². The minimum atomic E-state index is -3.47. The number of aromatic hydroxyl groups is 2. The number of anilines is 1. The number of carbonyl (C=O) groups is 4. The lowest BCUT2D eigenvalue weighted by Crippen LogP contribution is -2.54. The molecule has 4 amide bonds. The molecule has 4 heterocycles. The Bertz CT molecular complexity index is 2660. The predicted octanol–water partition coefficient (Wildman–Crippen LogP) is 6.14. The molecule has 8 rings (SSSR count). The average molecular weight is 858 g/mol. The van der Waals surface area contributed by atoms with E-state index in [1.807, 2.05) is 53.8 Å². The quantitative estimate of drug-likeness (QED) is 0.0816. The Kier molecular flexibility index (Phi) is 9.97. The second-order valence-corrected chi connectivity index (χ2v) is 15.6. The van der Waals surface area contributed by atoms with Crippen LogP contribution < -0.4 is 15.0 Å². The Balaban J connectivity index is 0.919. The van der Waals surface area contributed by atoms with Crippen LogP contribution in [0.2, 0.25) is 0 Å². The van der Waals surface area contributed by atoms with E-state index in [9.17, 15) is 29.4 Å². The van der Waals surface area contributed by atoms with Crippen LogP contribution in [-0.2, 0) is 9.59 Å². The lowest BCUT2D eigenvalue weighted by molar-refractivity contribution is -0.136. The third-order valence-electron chi connectivity index (χ3n) is 11.3. The first-order chi connectivity index (χ1) is 32.6. The molecular formula is C47H49ClFN5O7. The predicted molar refractivity (Wildman–Crippen MR) is 230 cm³/mol. The van der Waals surface area contributed by atoms with Crippen LogP contribution in [-0.4, -0.2) is 119 Å². The van der Waals surface area contributed by atoms with Crippen molar-refractivity contribution in [3.8, 4) is 17.2 Å². The Hall–Kier alpha value is -5.76. The van der Waals surface area contributed by atoms with Crippen LogP contribution >= 0.6 is 11.6 Å². The van der Waals surface area contributed by atoms with Gasteiger partial charge in [-0.25, -0.2) is 4.39 Å². The van der Waals surface area contributed by atoms with Crippen molar-refractivity contribution in [1.29, 1.82) is 0 Å². The second kappa shape index (κ2) is 18.5. The summed E-state index contributed by atoms with van der Waals surface area (Å²) in [5.41, 5.74) is 2.03. The van der Waals surface area contributed by atoms with Crippen molar-refractivity contribution in [2.75, 3.05) is 69.6 Å². The molecule has 318 valence electrons. The first-order valence-corrected chi connectivity index (χ1v) is 20.6. The monoisotopic (exact) mass is 857 g/mol. The summed E-state index contributed by atoms with van der Waals surface area (Å²) in [7, 11) is 0. The van der Waals surface area contributed by atoms with Crippen molar-refractivity contribution in [3.63, 3.8) is 0 Å². The van der Waals surface area contributed by atoms with Crippen molar-refractivity contribution in [2.45, 2.75) is 38.1 Å². The van der Waals surface area contributed by atoms with Gasteiger partial charge in [-0.2, -0.15) is 0 Å². The summed E-state index contributed by atoms with van der Waals surface area (Å²) in [6.07, 6.45) is 0.967. The van der Waals surface area contributed by atoms with Crippen LogP contribution in [0.25, 0.3) is 11.1 Å². The number of carbonyl (C=O) groups excluding carboxylic acids is 4. The van der Waals surface area contributed by atoms with Crippen LogP contribution in [0.1, 0.15) is 80.5 Å². The minimum Gasteiger partial charge on any atom is -0.508 e. The number of phenolic OH excluding ortho intramolecular Hbond substituents is 2. The number of phenols is 2. The first-order valence-electron chi connectivity index (χ1n) is 24.1. The number of likely N-dealkylation sites (tertiary alicyclic amines) is 1. The fourth-order valence-corrected chi connectivity index (χ4v) is 8.33. The van der Waals surface area contributed by atoms with E-state index in [1.54, 1.807) is 24.3 Å². The molecule has 0 radical (unpaired) electrons. The number of piperazine rings is 1. The molecule has 1 unspecified atom stereocenters. The molecule has 4 aliphatic rings. The fraction of sp³-hybridized carbons (Fsp3) is 0.362. The smallest absolute Gasteiger partial charge is 0.265 e. The Morgan fingerprint density at radius 3 is 2.03 bits per heavy atom. The Labute approximate surface area is 370 Å². The number of imide groups is 2. The van der Waals surface area contributed by atoms with Gasteiger partial charge in [-0.3, -0.25) is 39.2 Å². The van der Waals surface area contributed by atoms with E-state index >= 15 is 4.39 Å². The van der Waals surface area contributed by atoms with Gasteiger partial charge in [0.25, 0.3) is 11.8 Å². The third kappa shape index (κ3) is 9.14. The maximum Gasteiger partial charge on any atom is 0.265 e. The van der Waals surface area contributed by atoms with E-state index in [1.165, 1.54) is 0 Å². The summed E-state index contributed by atoms with van der Waals surface area (Å²) in [5, 5.41) is 22.0. The molecule has 4 aliphatic heterocycles. The van der Waals surface area contributed by atoms with E-state index in [0.717, 1.165) is 40.0 Å². The topological polar surface area (TPSA) is 143 Å². The molecule has 4 aromatic rings. The number of hydrogen-bond donors (Lipinski definition) is 3. The minimum absolute atomic E-state index is 0.0106. The molecule has 14 heteroatoms. The van der Waals surface area contributed by atoms with Gasteiger partial charge in [0.15, 0.2) is 5.82 Å². The zero-order chi connectivity index (χ0) is 49.8. The fourth-order valence-electron chi connectivity index (χ4n) is 8.14. The van der Waals surface area contributed by atoms with E-state index in [2.05, 4.69) is 4.90 Å². The molecule has 0 aliphatic carbocycles. The van der Waals surface area contributed by atoms with Gasteiger partial charge in [0, 0.05) is 56.9 Å². The number of benzene rings is 4. The Morgan fingerprint density at radius 1 is 0.787 bits per heavy atom. The Morgan fingerprint density at radius 2 is 1.41 bits per heavy atom. The van der Waals surface area contributed by atoms with E-state index in [4.69, 9.17) is 27.3 Å². The maximum atomic E-state index is 16.6. The lowest BCUT2D eigenvalue weighted by atomic mass is 9.88. The highest BCUT2D eigenvalue weighted by Crippen LogP contribution is 2.37. The highest BCUT2D eigenvalue weighted by Gasteiger charge is 2.46. The number of fused-ring (bicyclic) bond motifs is 1. The van der Waals surface area contributed by atoms with Crippen LogP contribution in [0.15, 0.2) is 84.9 Å². The molecular weight excluding hydrogens is 801 g/mol. The molecule has 0 aromatic heterocycles. The largest absolute Gasteiger partial charge is 0.508 e. The first kappa shape index (κ1) is 32.9. The number of alkyl halides is 1. The standard InChI is InChI=1S/C47H49ClFN5O7/c48-20-17-37(31-1-7-34(55)8-2-31)42(32-3-9-35(56)10-4-32)33-5-11-36(12-6-33)61-28-27-51-21-18-30(19-22-51)29-52-23-25-53(26-24-52)39-14-13-38-43(44(39)49)47(60)54(46(38)59)40-15-16-41(57)50-45(40)58/h1-14,30,40,55-56H,15-29H2,(H,50,57,58)/i23D2,24D2,25D2,26D2. The number of hydrogen-bond acceptors (Lipinski definition) is 10. The van der Waals surface area contributed by atoms with Gasteiger partial charge < -0.3 is 19.8 Å². The van der Waals surface area contributed by atoms with E-state index in [0.29, 0.717) is 66.9 Å². The van der Waals surface area contributed by atoms with Crippen molar-refractivity contribution in [1.82, 2.24) is 20.0 Å². The average Bonchev–Trinajstić information content (AvgIpc) is 3.55. The number of piperidine rings is 2. The van der Waals surface area contributed by atoms with Gasteiger partial charge in [-0.15, -0.1) is 11.6 Å². The molecule has 0 saturated carbocycles. The lowest BCUT2D eigenvalue weighted by Gasteiger charge is -2.39. The van der Waals surface area contributed by atoms with Gasteiger partial charge in [0.2, 0.25) is 11.8 Å². The van der Waals surface area contributed by atoms with Crippen molar-refractivity contribution in [2.24, 2.45) is 5.92 Å². The SMILES string of the molecule is [2H]C1([2H])N(CC2CCN(CCOc3ccc(C(=C(CCCl)c4ccc(O)cc4)c4ccc(O)cc4)cc3)CC2)C([2H])([2H])C([2H])([2H])N(c2ccc3c(c2F)C(=O)N(C2CCC(=O)NC2=O)C3=O)C1([2H])[2H]. The number of nitrogens with one attached hydrogen (secondary N) is 1. The van der Waals surface area contributed by atoms with Crippen molar-refractivity contribution < 1.29 is 49.5 Å². The second-order valence-electron chi connectivity index (χ2n) is 15.2. The summed E-state index contributed by atoms with van der Waals surface area (Å²) in [6, 6.07) is 21.6.